The first-order chi connectivity index (χ1) is 16.5. The number of nitrogens with one attached hydrogen (secondary N) is 2. The Morgan fingerprint density at radius 1 is 1.21 bits per heavy atom. The first-order valence-electron chi connectivity index (χ1n) is 11.4. The fourth-order valence-corrected chi connectivity index (χ4v) is 4.79. The summed E-state index contributed by atoms with van der Waals surface area (Å²) < 4.78 is 12.3. The van der Waals surface area contributed by atoms with Gasteiger partial charge in [-0.3, -0.25) is 9.59 Å². The summed E-state index contributed by atoms with van der Waals surface area (Å²) in [6.45, 7) is 6.65. The van der Waals surface area contributed by atoms with Crippen LogP contribution in [0.25, 0.3) is 0 Å². The van der Waals surface area contributed by atoms with Crippen LogP contribution in [0.1, 0.15) is 48.8 Å². The maximum atomic E-state index is 12.6. The van der Waals surface area contributed by atoms with Gasteiger partial charge in [-0.25, -0.2) is 0 Å². The number of carbonyl (C=O) groups excluding carboxylic acids is 2. The van der Waals surface area contributed by atoms with Crippen molar-refractivity contribution in [2.75, 3.05) is 20.0 Å². The minimum atomic E-state index is -0.274. The number of ether oxygens (including phenoxy) is 2. The van der Waals surface area contributed by atoms with Crippen LogP contribution in [0.4, 0.5) is 0 Å². The number of methoxy groups -OCH3 is 2. The van der Waals surface area contributed by atoms with Gasteiger partial charge in [0.05, 0.1) is 26.5 Å². The van der Waals surface area contributed by atoms with Crippen LogP contribution in [0, 0.1) is 5.92 Å². The Kier molecular flexibility index (Phi) is 9.38. The Morgan fingerprint density at radius 2 is 1.97 bits per heavy atom. The molecule has 0 bridgehead atoms. The number of allylic oxidation sites excluding steroid dienone is 1. The third-order valence-electron chi connectivity index (χ3n) is 5.95. The second kappa shape index (κ2) is 12.5. The minimum Gasteiger partial charge on any atom is -0.493 e. The van der Waals surface area contributed by atoms with Crippen molar-refractivity contribution in [1.82, 2.24) is 25.4 Å². The van der Waals surface area contributed by atoms with Crippen LogP contribution in [0.3, 0.4) is 0 Å². The molecule has 1 heterocycles. The van der Waals surface area contributed by atoms with Crippen LogP contribution in [0.2, 0.25) is 0 Å². The molecule has 0 spiro atoms. The molecule has 2 amide bonds. The summed E-state index contributed by atoms with van der Waals surface area (Å²) >= 11 is 1.33. The van der Waals surface area contributed by atoms with Gasteiger partial charge in [0.2, 0.25) is 5.91 Å². The number of carbonyl (C=O) groups is 2. The molecule has 10 heteroatoms. The Labute approximate surface area is 204 Å². The summed E-state index contributed by atoms with van der Waals surface area (Å²) in [5, 5.41) is 15.1. The van der Waals surface area contributed by atoms with Gasteiger partial charge in [-0.15, -0.1) is 16.8 Å². The summed E-state index contributed by atoms with van der Waals surface area (Å²) in [5.74, 6) is 2.10. The Balaban J connectivity index is 1.59. The number of hydrogen-bond donors (Lipinski definition) is 2. The zero-order valence-electron chi connectivity index (χ0n) is 20.0. The van der Waals surface area contributed by atoms with Gasteiger partial charge in [0.15, 0.2) is 22.5 Å². The fourth-order valence-electron chi connectivity index (χ4n) is 4.02. The van der Waals surface area contributed by atoms with Gasteiger partial charge in [0.25, 0.3) is 5.91 Å². The zero-order chi connectivity index (χ0) is 24.5. The lowest BCUT2D eigenvalue weighted by Crippen LogP contribution is -2.41. The lowest BCUT2D eigenvalue weighted by molar-refractivity contribution is -0.119. The van der Waals surface area contributed by atoms with Crippen LogP contribution < -0.4 is 20.1 Å². The maximum absolute atomic E-state index is 12.6. The minimum absolute atomic E-state index is 0.000193. The molecule has 1 aromatic heterocycles. The number of rotatable bonds is 11. The van der Waals surface area contributed by atoms with Crippen LogP contribution >= 0.6 is 11.8 Å². The first kappa shape index (κ1) is 25.6. The summed E-state index contributed by atoms with van der Waals surface area (Å²) in [5.41, 5.74) is 0.440. The van der Waals surface area contributed by atoms with Crippen molar-refractivity contribution in [3.63, 3.8) is 0 Å². The van der Waals surface area contributed by atoms with Crippen molar-refractivity contribution in [2.24, 2.45) is 5.92 Å². The van der Waals surface area contributed by atoms with Crippen LogP contribution in [-0.2, 0) is 17.9 Å². The number of amides is 2. The second-order valence-corrected chi connectivity index (χ2v) is 9.22. The third-order valence-corrected chi connectivity index (χ3v) is 6.91. The molecule has 1 saturated carbocycles. The van der Waals surface area contributed by atoms with Gasteiger partial charge in [-0.1, -0.05) is 37.6 Å². The molecule has 0 unspecified atom stereocenters. The van der Waals surface area contributed by atoms with Crippen molar-refractivity contribution >= 4 is 23.6 Å². The molecule has 34 heavy (non-hydrogen) atoms. The monoisotopic (exact) mass is 487 g/mol. The molecule has 2 aromatic rings. The average molecular weight is 488 g/mol. The molecule has 0 radical (unpaired) electrons. The lowest BCUT2D eigenvalue weighted by Gasteiger charge is -2.29. The van der Waals surface area contributed by atoms with E-state index in [0.29, 0.717) is 40.5 Å². The standard InChI is InChI=1S/C24H33N5O4S/c1-5-12-29-21(14-25-23(31)17-10-11-19(32-3)20(13-17)33-4)27-28-24(29)34-15-22(30)26-18-9-7-6-8-16(18)2/h5,10-11,13,16,18H,1,6-9,12,14-15H2,2-4H3,(H,25,31)(H,26,30)/t16-,18-/m1/s1. The molecule has 3 rings (SSSR count). The predicted molar refractivity (Wildman–Crippen MR) is 131 cm³/mol. The molecule has 0 aliphatic heterocycles. The van der Waals surface area contributed by atoms with E-state index in [9.17, 15) is 9.59 Å². The number of benzene rings is 1. The largest absolute Gasteiger partial charge is 0.493 e. The van der Waals surface area contributed by atoms with Crippen LogP contribution in [0.15, 0.2) is 36.0 Å². The highest BCUT2D eigenvalue weighted by molar-refractivity contribution is 7.99. The molecule has 1 aliphatic carbocycles. The smallest absolute Gasteiger partial charge is 0.251 e. The quantitative estimate of drug-likeness (QED) is 0.370. The van der Waals surface area contributed by atoms with Crippen molar-refractivity contribution in [1.29, 1.82) is 0 Å². The first-order valence-corrected chi connectivity index (χ1v) is 12.4. The number of thioether (sulfide) groups is 1. The van der Waals surface area contributed by atoms with Crippen molar-refractivity contribution in [2.45, 2.75) is 56.9 Å². The van der Waals surface area contributed by atoms with Gasteiger partial charge in [0.1, 0.15) is 0 Å². The van der Waals surface area contributed by atoms with Crippen molar-refractivity contribution < 1.29 is 19.1 Å². The van der Waals surface area contributed by atoms with E-state index in [2.05, 4.69) is 34.3 Å². The van der Waals surface area contributed by atoms with E-state index < -0.39 is 0 Å². The fraction of sp³-hybridized carbons (Fsp3) is 0.500. The average Bonchev–Trinajstić information content (AvgIpc) is 3.23. The highest BCUT2D eigenvalue weighted by Gasteiger charge is 2.23. The Morgan fingerprint density at radius 3 is 2.68 bits per heavy atom. The summed E-state index contributed by atoms with van der Waals surface area (Å²) in [7, 11) is 3.06. The third kappa shape index (κ3) is 6.53. The lowest BCUT2D eigenvalue weighted by atomic mass is 9.86. The van der Waals surface area contributed by atoms with Crippen molar-refractivity contribution in [3.05, 3.63) is 42.2 Å². The topological polar surface area (TPSA) is 107 Å². The second-order valence-electron chi connectivity index (χ2n) is 8.27. The zero-order valence-corrected chi connectivity index (χ0v) is 20.8. The van der Waals surface area contributed by atoms with Crippen LogP contribution in [0.5, 0.6) is 11.5 Å². The van der Waals surface area contributed by atoms with Gasteiger partial charge in [-0.05, 0) is 37.0 Å². The van der Waals surface area contributed by atoms with E-state index in [1.807, 2.05) is 4.57 Å². The Bertz CT molecular complexity index is 1010. The molecular weight excluding hydrogens is 454 g/mol. The van der Waals surface area contributed by atoms with Crippen molar-refractivity contribution in [3.8, 4) is 11.5 Å². The molecule has 2 atom stereocenters. The number of nitrogens with zero attached hydrogens (tertiary/aromatic N) is 3. The normalized spacial score (nSPS) is 17.6. The predicted octanol–water partition coefficient (Wildman–Crippen LogP) is 3.20. The van der Waals surface area contributed by atoms with E-state index >= 15 is 0 Å². The van der Waals surface area contributed by atoms with Crippen LogP contribution in [-0.4, -0.2) is 52.6 Å². The molecule has 2 N–H and O–H groups in total. The molecule has 1 aromatic carbocycles. The van der Waals surface area contributed by atoms with E-state index in [0.717, 1.165) is 19.3 Å². The molecule has 1 aliphatic rings. The maximum Gasteiger partial charge on any atom is 0.251 e. The van der Waals surface area contributed by atoms with Gasteiger partial charge in [-0.2, -0.15) is 0 Å². The molecule has 9 nitrogen and oxygen atoms in total. The number of hydrogen-bond acceptors (Lipinski definition) is 7. The van der Waals surface area contributed by atoms with Gasteiger partial charge >= 0.3 is 0 Å². The SMILES string of the molecule is C=CCn1c(CNC(=O)c2ccc(OC)c(OC)c2)nnc1SCC(=O)N[C@@H]1CCCC[C@H]1C. The van der Waals surface area contributed by atoms with E-state index in [-0.39, 0.29) is 30.2 Å². The Hall–Kier alpha value is -3.01. The van der Waals surface area contributed by atoms with Gasteiger partial charge in [0, 0.05) is 18.2 Å². The van der Waals surface area contributed by atoms with E-state index in [4.69, 9.17) is 9.47 Å². The highest BCUT2D eigenvalue weighted by Crippen LogP contribution is 2.27. The molecule has 1 fully saturated rings. The highest BCUT2D eigenvalue weighted by atomic mass is 32.2. The summed E-state index contributed by atoms with van der Waals surface area (Å²) in [6.07, 6.45) is 6.32. The molecule has 184 valence electrons. The van der Waals surface area contributed by atoms with E-state index in [1.54, 1.807) is 31.4 Å². The summed E-state index contributed by atoms with van der Waals surface area (Å²) in [6, 6.07) is 5.21. The number of aromatic nitrogens is 3. The van der Waals surface area contributed by atoms with E-state index in [1.165, 1.54) is 25.3 Å². The summed E-state index contributed by atoms with van der Waals surface area (Å²) in [4.78, 5) is 25.1. The molecular formula is C24H33N5O4S. The molecule has 0 saturated heterocycles. The van der Waals surface area contributed by atoms with Gasteiger partial charge < -0.3 is 24.7 Å².